The molecule has 0 spiro atoms. The highest BCUT2D eigenvalue weighted by Crippen LogP contribution is 2.42. The molecular weight excluding hydrogens is 282 g/mol. The van der Waals surface area contributed by atoms with Gasteiger partial charge in [-0.05, 0) is 13.3 Å². The third kappa shape index (κ3) is 1.72. The largest absolute Gasteiger partial charge is 0.403 e. The molecule has 2 aliphatic heterocycles. The summed E-state index contributed by atoms with van der Waals surface area (Å²) in [7, 11) is 0. The van der Waals surface area contributed by atoms with E-state index in [4.69, 9.17) is 10.6 Å². The van der Waals surface area contributed by atoms with E-state index in [1.165, 1.54) is 11.3 Å². The highest BCUT2D eigenvalue weighted by Gasteiger charge is 2.51. The van der Waals surface area contributed by atoms with Gasteiger partial charge < -0.3 is 15.7 Å². The minimum absolute atomic E-state index is 0.199. The van der Waals surface area contributed by atoms with Gasteiger partial charge >= 0.3 is 0 Å². The molecule has 0 aromatic carbocycles. The number of aliphatic hydroxyl groups excluding tert-OH is 1. The standard InChI is InChI=1S/C12H15N3O4S/c1-12(3-2-9(17)14(6-16)11(12)18)15-4-7-8(19-15)5-20-10(7)13/h5,16H,2-4,6,13H2,1H3. The number of piperidine rings is 1. The van der Waals surface area contributed by atoms with Crippen LogP contribution >= 0.6 is 11.3 Å². The highest BCUT2D eigenvalue weighted by molar-refractivity contribution is 7.14. The van der Waals surface area contributed by atoms with E-state index in [1.54, 1.807) is 17.4 Å². The average molecular weight is 297 g/mol. The van der Waals surface area contributed by atoms with E-state index in [-0.39, 0.29) is 12.3 Å². The maximum absolute atomic E-state index is 12.4. The molecule has 2 aliphatic rings. The molecule has 1 atom stereocenters. The summed E-state index contributed by atoms with van der Waals surface area (Å²) in [5, 5.41) is 13.2. The molecule has 7 nitrogen and oxygen atoms in total. The van der Waals surface area contributed by atoms with Gasteiger partial charge in [-0.2, -0.15) is 0 Å². The van der Waals surface area contributed by atoms with Gasteiger partial charge in [-0.3, -0.25) is 14.5 Å². The van der Waals surface area contributed by atoms with Crippen LogP contribution in [0.4, 0.5) is 5.00 Å². The minimum Gasteiger partial charge on any atom is -0.403 e. The number of aliphatic hydroxyl groups is 1. The lowest BCUT2D eigenvalue weighted by Crippen LogP contribution is -2.62. The fourth-order valence-electron chi connectivity index (χ4n) is 2.55. The van der Waals surface area contributed by atoms with Crippen LogP contribution in [0.3, 0.4) is 0 Å². The Kier molecular flexibility index (Phi) is 2.96. The van der Waals surface area contributed by atoms with E-state index in [9.17, 15) is 14.7 Å². The Morgan fingerprint density at radius 1 is 1.55 bits per heavy atom. The van der Waals surface area contributed by atoms with Gasteiger partial charge in [-0.15, -0.1) is 16.4 Å². The number of nitrogen functional groups attached to an aromatic ring is 1. The summed E-state index contributed by atoms with van der Waals surface area (Å²) >= 11 is 1.40. The van der Waals surface area contributed by atoms with Gasteiger partial charge in [0.05, 0.1) is 11.5 Å². The van der Waals surface area contributed by atoms with E-state index in [0.717, 1.165) is 10.5 Å². The Balaban J connectivity index is 1.87. The van der Waals surface area contributed by atoms with E-state index in [1.807, 2.05) is 0 Å². The van der Waals surface area contributed by atoms with Crippen LogP contribution in [-0.2, 0) is 16.1 Å². The Hall–Kier alpha value is -1.64. The van der Waals surface area contributed by atoms with Crippen molar-refractivity contribution in [3.63, 3.8) is 0 Å². The Morgan fingerprint density at radius 3 is 2.95 bits per heavy atom. The van der Waals surface area contributed by atoms with Gasteiger partial charge in [0, 0.05) is 17.4 Å². The average Bonchev–Trinajstić information content (AvgIpc) is 2.98. The molecule has 3 heterocycles. The van der Waals surface area contributed by atoms with Crippen LogP contribution in [-0.4, -0.2) is 39.2 Å². The van der Waals surface area contributed by atoms with E-state index >= 15 is 0 Å². The zero-order chi connectivity index (χ0) is 14.5. The van der Waals surface area contributed by atoms with E-state index in [0.29, 0.717) is 23.7 Å². The number of carbonyl (C=O) groups excluding carboxylic acids is 2. The van der Waals surface area contributed by atoms with Crippen LogP contribution in [0.15, 0.2) is 5.38 Å². The number of imide groups is 1. The van der Waals surface area contributed by atoms with Crippen molar-refractivity contribution in [2.45, 2.75) is 31.8 Å². The van der Waals surface area contributed by atoms with Crippen molar-refractivity contribution in [2.75, 3.05) is 12.5 Å². The summed E-state index contributed by atoms with van der Waals surface area (Å²) in [5.74, 6) is -0.138. The maximum Gasteiger partial charge on any atom is 0.254 e. The van der Waals surface area contributed by atoms with Crippen LogP contribution < -0.4 is 10.6 Å². The lowest BCUT2D eigenvalue weighted by atomic mass is 9.89. The summed E-state index contributed by atoms with van der Waals surface area (Å²) in [6, 6.07) is 0. The van der Waals surface area contributed by atoms with Gasteiger partial charge in [0.1, 0.15) is 12.3 Å². The maximum atomic E-state index is 12.4. The van der Waals surface area contributed by atoms with Gasteiger partial charge in [-0.25, -0.2) is 0 Å². The van der Waals surface area contributed by atoms with Crippen molar-refractivity contribution in [2.24, 2.45) is 0 Å². The summed E-state index contributed by atoms with van der Waals surface area (Å²) < 4.78 is 0. The van der Waals surface area contributed by atoms with E-state index in [2.05, 4.69) is 0 Å². The van der Waals surface area contributed by atoms with Gasteiger partial charge in [0.15, 0.2) is 5.75 Å². The summed E-state index contributed by atoms with van der Waals surface area (Å²) in [6.07, 6.45) is 0.555. The molecule has 0 saturated carbocycles. The summed E-state index contributed by atoms with van der Waals surface area (Å²) in [4.78, 5) is 30.6. The Bertz CT molecular complexity index is 587. The first-order chi connectivity index (χ1) is 9.47. The fourth-order valence-corrected chi connectivity index (χ4v) is 3.28. The molecule has 2 amide bonds. The van der Waals surface area contributed by atoms with Crippen LogP contribution in [0.2, 0.25) is 0 Å². The van der Waals surface area contributed by atoms with Crippen LogP contribution in [0.5, 0.6) is 5.75 Å². The monoisotopic (exact) mass is 297 g/mol. The molecule has 3 rings (SSSR count). The zero-order valence-corrected chi connectivity index (χ0v) is 11.8. The number of anilines is 1. The molecule has 0 radical (unpaired) electrons. The van der Waals surface area contributed by atoms with Crippen LogP contribution in [0.1, 0.15) is 25.3 Å². The predicted molar refractivity (Wildman–Crippen MR) is 71.5 cm³/mol. The number of nitrogens with two attached hydrogens (primary N) is 1. The third-order valence-electron chi connectivity index (χ3n) is 3.92. The second-order valence-electron chi connectivity index (χ2n) is 5.11. The number of thiophene rings is 1. The Morgan fingerprint density at radius 2 is 2.30 bits per heavy atom. The molecule has 0 aliphatic carbocycles. The van der Waals surface area contributed by atoms with Crippen LogP contribution in [0.25, 0.3) is 0 Å². The van der Waals surface area contributed by atoms with Gasteiger partial charge in [0.2, 0.25) is 5.91 Å². The lowest BCUT2D eigenvalue weighted by Gasteiger charge is -2.41. The number of hydrogen-bond acceptors (Lipinski definition) is 7. The van der Waals surface area contributed by atoms with Crippen molar-refractivity contribution < 1.29 is 19.5 Å². The number of fused-ring (bicyclic) bond motifs is 1. The second-order valence-corrected chi connectivity index (χ2v) is 6.02. The molecule has 1 aromatic heterocycles. The minimum atomic E-state index is -0.972. The number of likely N-dealkylation sites (tertiary alicyclic amines) is 1. The van der Waals surface area contributed by atoms with Gasteiger partial charge in [0.25, 0.3) is 5.91 Å². The number of hydrogen-bond donors (Lipinski definition) is 2. The molecule has 8 heteroatoms. The number of nitrogens with zero attached hydrogens (tertiary/aromatic N) is 2. The molecule has 20 heavy (non-hydrogen) atoms. The molecule has 1 aromatic rings. The van der Waals surface area contributed by atoms with E-state index < -0.39 is 18.2 Å². The highest BCUT2D eigenvalue weighted by atomic mass is 32.1. The molecule has 108 valence electrons. The molecule has 1 fully saturated rings. The zero-order valence-electron chi connectivity index (χ0n) is 11.0. The SMILES string of the molecule is CC1(N2Cc3c(csc3N)O2)CCC(=O)N(CO)C1=O. The number of rotatable bonds is 2. The summed E-state index contributed by atoms with van der Waals surface area (Å²) in [5.41, 5.74) is 5.76. The van der Waals surface area contributed by atoms with Crippen molar-refractivity contribution in [1.82, 2.24) is 9.96 Å². The molecule has 3 N–H and O–H groups in total. The first kappa shape index (κ1) is 13.3. The number of carbonyl (C=O) groups is 2. The molecule has 1 unspecified atom stereocenters. The van der Waals surface area contributed by atoms with Crippen molar-refractivity contribution in [1.29, 1.82) is 0 Å². The first-order valence-electron chi connectivity index (χ1n) is 6.24. The quantitative estimate of drug-likeness (QED) is 0.762. The smallest absolute Gasteiger partial charge is 0.254 e. The van der Waals surface area contributed by atoms with Gasteiger partial charge in [-0.1, -0.05) is 0 Å². The predicted octanol–water partition coefficient (Wildman–Crippen LogP) is 0.297. The second kappa shape index (κ2) is 4.44. The van der Waals surface area contributed by atoms with Crippen molar-refractivity contribution in [3.8, 4) is 5.75 Å². The number of amides is 2. The molecular formula is C12H15N3O4S. The lowest BCUT2D eigenvalue weighted by molar-refractivity contribution is -0.186. The molecule has 0 bridgehead atoms. The van der Waals surface area contributed by atoms with Crippen molar-refractivity contribution >= 4 is 28.2 Å². The Labute approximate surface area is 119 Å². The first-order valence-corrected chi connectivity index (χ1v) is 7.12. The fraction of sp³-hybridized carbons (Fsp3) is 0.500. The van der Waals surface area contributed by atoms with Crippen molar-refractivity contribution in [3.05, 3.63) is 10.9 Å². The number of hydroxylamine groups is 2. The summed E-state index contributed by atoms with van der Waals surface area (Å²) in [6.45, 7) is 1.51. The molecule has 1 saturated heterocycles. The van der Waals surface area contributed by atoms with Crippen LogP contribution in [0, 0.1) is 0 Å². The normalized spacial score (nSPS) is 26.8. The topological polar surface area (TPSA) is 96.1 Å². The third-order valence-corrected chi connectivity index (χ3v) is 4.75.